The van der Waals surface area contributed by atoms with Crippen LogP contribution < -0.4 is 5.73 Å². The van der Waals surface area contributed by atoms with E-state index in [2.05, 4.69) is 22.9 Å². The van der Waals surface area contributed by atoms with Crippen molar-refractivity contribution in [3.05, 3.63) is 34.1 Å². The molecule has 0 aliphatic carbocycles. The lowest BCUT2D eigenvalue weighted by Crippen LogP contribution is -2.23. The topological polar surface area (TPSA) is 26.0 Å². The third kappa shape index (κ3) is 5.96. The molecule has 1 aromatic rings. The van der Waals surface area contributed by atoms with Gasteiger partial charge < -0.3 is 5.73 Å². The van der Waals surface area contributed by atoms with Crippen molar-refractivity contribution < 1.29 is 4.39 Å². The fourth-order valence-electron chi connectivity index (χ4n) is 2.09. The summed E-state index contributed by atoms with van der Waals surface area (Å²) in [6.45, 7) is 2.21. The standard InChI is InChI=1S/C15H23BrFN/c1-2-3-4-5-6-7-14(18)11-12-10-13(16)8-9-15(12)17/h8-10,14H,2-7,11,18H2,1H3. The summed E-state index contributed by atoms with van der Waals surface area (Å²) in [5.41, 5.74) is 6.77. The van der Waals surface area contributed by atoms with Gasteiger partial charge in [0.05, 0.1) is 0 Å². The van der Waals surface area contributed by atoms with Crippen molar-refractivity contribution in [3.8, 4) is 0 Å². The molecule has 0 aliphatic rings. The van der Waals surface area contributed by atoms with Crippen LogP contribution in [-0.2, 0) is 6.42 Å². The number of halogens is 2. The van der Waals surface area contributed by atoms with Crippen molar-refractivity contribution in [2.75, 3.05) is 0 Å². The summed E-state index contributed by atoms with van der Waals surface area (Å²) in [5.74, 6) is -0.153. The van der Waals surface area contributed by atoms with Crippen LogP contribution in [0.5, 0.6) is 0 Å². The van der Waals surface area contributed by atoms with Crippen molar-refractivity contribution in [1.29, 1.82) is 0 Å². The predicted octanol–water partition coefficient (Wildman–Crippen LogP) is 4.82. The maximum Gasteiger partial charge on any atom is 0.126 e. The Morgan fingerprint density at radius 1 is 1.22 bits per heavy atom. The van der Waals surface area contributed by atoms with Gasteiger partial charge >= 0.3 is 0 Å². The molecule has 2 N–H and O–H groups in total. The van der Waals surface area contributed by atoms with Gasteiger partial charge in [0.1, 0.15) is 5.82 Å². The molecule has 1 rings (SSSR count). The van der Waals surface area contributed by atoms with Crippen LogP contribution >= 0.6 is 15.9 Å². The average molecular weight is 316 g/mol. The highest BCUT2D eigenvalue weighted by molar-refractivity contribution is 9.10. The van der Waals surface area contributed by atoms with Crippen molar-refractivity contribution in [2.24, 2.45) is 5.73 Å². The number of hydrogen-bond donors (Lipinski definition) is 1. The highest BCUT2D eigenvalue weighted by Crippen LogP contribution is 2.18. The molecule has 0 spiro atoms. The van der Waals surface area contributed by atoms with Gasteiger partial charge in [-0.25, -0.2) is 4.39 Å². The monoisotopic (exact) mass is 315 g/mol. The van der Waals surface area contributed by atoms with Gasteiger partial charge in [0.25, 0.3) is 0 Å². The summed E-state index contributed by atoms with van der Waals surface area (Å²) in [5, 5.41) is 0. The Labute approximate surface area is 118 Å². The first kappa shape index (κ1) is 15.6. The van der Waals surface area contributed by atoms with Crippen molar-refractivity contribution in [2.45, 2.75) is 57.9 Å². The van der Waals surface area contributed by atoms with Gasteiger partial charge in [-0.3, -0.25) is 0 Å². The lowest BCUT2D eigenvalue weighted by Gasteiger charge is -2.12. The van der Waals surface area contributed by atoms with E-state index in [-0.39, 0.29) is 11.9 Å². The van der Waals surface area contributed by atoms with Crippen LogP contribution in [0.4, 0.5) is 4.39 Å². The Kier molecular flexibility index (Phi) is 7.52. The third-order valence-corrected chi connectivity index (χ3v) is 3.66. The summed E-state index contributed by atoms with van der Waals surface area (Å²) in [7, 11) is 0. The van der Waals surface area contributed by atoms with Crippen LogP contribution in [0.1, 0.15) is 51.0 Å². The molecule has 1 nitrogen and oxygen atoms in total. The zero-order valence-corrected chi connectivity index (χ0v) is 12.7. The Morgan fingerprint density at radius 3 is 2.67 bits per heavy atom. The number of hydrogen-bond acceptors (Lipinski definition) is 1. The second-order valence-electron chi connectivity index (χ2n) is 4.90. The zero-order chi connectivity index (χ0) is 13.4. The second kappa shape index (κ2) is 8.65. The molecule has 0 radical (unpaired) electrons. The van der Waals surface area contributed by atoms with E-state index in [0.29, 0.717) is 12.0 Å². The van der Waals surface area contributed by atoms with Crippen molar-refractivity contribution >= 4 is 15.9 Å². The van der Waals surface area contributed by atoms with Crippen molar-refractivity contribution in [1.82, 2.24) is 0 Å². The maximum atomic E-state index is 13.5. The summed E-state index contributed by atoms with van der Waals surface area (Å²) in [6, 6.07) is 5.10. The highest BCUT2D eigenvalue weighted by atomic mass is 79.9. The van der Waals surface area contributed by atoms with Gasteiger partial charge in [-0.2, -0.15) is 0 Å². The molecule has 0 aromatic heterocycles. The summed E-state index contributed by atoms with van der Waals surface area (Å²) >= 11 is 3.36. The van der Waals surface area contributed by atoms with Crippen LogP contribution in [0.3, 0.4) is 0 Å². The molecule has 1 aromatic carbocycles. The van der Waals surface area contributed by atoms with Crippen LogP contribution in [0.2, 0.25) is 0 Å². The van der Waals surface area contributed by atoms with E-state index in [4.69, 9.17) is 5.73 Å². The first-order valence-electron chi connectivity index (χ1n) is 6.83. The Balaban J connectivity index is 2.30. The minimum Gasteiger partial charge on any atom is -0.327 e. The minimum atomic E-state index is -0.153. The normalized spacial score (nSPS) is 12.7. The second-order valence-corrected chi connectivity index (χ2v) is 5.82. The zero-order valence-electron chi connectivity index (χ0n) is 11.1. The molecule has 1 atom stereocenters. The van der Waals surface area contributed by atoms with Crippen LogP contribution in [0.25, 0.3) is 0 Å². The van der Waals surface area contributed by atoms with E-state index in [9.17, 15) is 4.39 Å². The van der Waals surface area contributed by atoms with Gasteiger partial charge in [-0.15, -0.1) is 0 Å². The molecule has 0 bridgehead atoms. The van der Waals surface area contributed by atoms with Gasteiger partial charge in [0.15, 0.2) is 0 Å². The lowest BCUT2D eigenvalue weighted by atomic mass is 10.0. The molecule has 0 saturated carbocycles. The van der Waals surface area contributed by atoms with Gasteiger partial charge in [0.2, 0.25) is 0 Å². The van der Waals surface area contributed by atoms with Gasteiger partial charge in [-0.1, -0.05) is 55.0 Å². The Hall–Kier alpha value is -0.410. The molecular weight excluding hydrogens is 293 g/mol. The van der Waals surface area contributed by atoms with Crippen LogP contribution in [0.15, 0.2) is 22.7 Å². The van der Waals surface area contributed by atoms with E-state index < -0.39 is 0 Å². The molecule has 0 aliphatic heterocycles. The molecule has 3 heteroatoms. The quantitative estimate of drug-likeness (QED) is 0.684. The molecule has 0 fully saturated rings. The van der Waals surface area contributed by atoms with Crippen LogP contribution in [0, 0.1) is 5.82 Å². The third-order valence-electron chi connectivity index (χ3n) is 3.17. The van der Waals surface area contributed by atoms with E-state index in [1.807, 2.05) is 6.07 Å². The molecule has 0 amide bonds. The fourth-order valence-corrected chi connectivity index (χ4v) is 2.50. The number of unbranched alkanes of at least 4 members (excludes halogenated alkanes) is 4. The number of rotatable bonds is 8. The summed E-state index contributed by atoms with van der Waals surface area (Å²) in [4.78, 5) is 0. The molecule has 0 heterocycles. The van der Waals surface area contributed by atoms with E-state index in [1.54, 1.807) is 6.07 Å². The summed E-state index contributed by atoms with van der Waals surface area (Å²) in [6.07, 6.45) is 7.84. The predicted molar refractivity (Wildman–Crippen MR) is 79.2 cm³/mol. The van der Waals surface area contributed by atoms with Gasteiger partial charge in [0, 0.05) is 10.5 Å². The fraction of sp³-hybridized carbons (Fsp3) is 0.600. The number of nitrogens with two attached hydrogens (primary N) is 1. The minimum absolute atomic E-state index is 0.0652. The van der Waals surface area contributed by atoms with Crippen LogP contribution in [-0.4, -0.2) is 6.04 Å². The van der Waals surface area contributed by atoms with Crippen molar-refractivity contribution in [3.63, 3.8) is 0 Å². The van der Waals surface area contributed by atoms with Gasteiger partial charge in [-0.05, 0) is 36.6 Å². The largest absolute Gasteiger partial charge is 0.327 e. The molecular formula is C15H23BrFN. The Morgan fingerprint density at radius 2 is 1.94 bits per heavy atom. The molecule has 1 unspecified atom stereocenters. The average Bonchev–Trinajstić information content (AvgIpc) is 2.33. The van der Waals surface area contributed by atoms with E-state index >= 15 is 0 Å². The SMILES string of the molecule is CCCCCCCC(N)Cc1cc(Br)ccc1F. The first-order chi connectivity index (χ1) is 8.63. The van der Waals surface area contributed by atoms with E-state index in [0.717, 1.165) is 17.3 Å². The number of benzene rings is 1. The summed E-state index contributed by atoms with van der Waals surface area (Å²) < 4.78 is 14.5. The molecule has 18 heavy (non-hydrogen) atoms. The molecule has 102 valence electrons. The smallest absolute Gasteiger partial charge is 0.126 e. The lowest BCUT2D eigenvalue weighted by molar-refractivity contribution is 0.525. The first-order valence-corrected chi connectivity index (χ1v) is 7.62. The van der Waals surface area contributed by atoms with E-state index in [1.165, 1.54) is 31.7 Å². The Bertz CT molecular complexity index is 354. The highest BCUT2D eigenvalue weighted by Gasteiger charge is 2.08. The molecule has 0 saturated heterocycles. The maximum absolute atomic E-state index is 13.5.